The van der Waals surface area contributed by atoms with Crippen LogP contribution in [0.25, 0.3) is 0 Å². The summed E-state index contributed by atoms with van der Waals surface area (Å²) in [6.07, 6.45) is 5.76. The standard InChI is InChI=1S/C13H26ClNO3S/c1-2-12-5-7-13(16,8-6-12)11-15-19(17,18)10-4-3-9-14/h12,15-16H,2-11H2,1H3. The third-order valence-electron chi connectivity index (χ3n) is 4.03. The van der Waals surface area contributed by atoms with Gasteiger partial charge >= 0.3 is 0 Å². The second-order valence-corrected chi connectivity index (χ2v) is 7.92. The first-order chi connectivity index (χ1) is 8.91. The predicted molar refractivity (Wildman–Crippen MR) is 78.9 cm³/mol. The number of hydrogen-bond donors (Lipinski definition) is 2. The summed E-state index contributed by atoms with van der Waals surface area (Å²) in [6, 6.07) is 0. The Morgan fingerprint density at radius 1 is 1.32 bits per heavy atom. The minimum absolute atomic E-state index is 0.0907. The lowest BCUT2D eigenvalue weighted by Crippen LogP contribution is -2.45. The second-order valence-electron chi connectivity index (χ2n) is 5.61. The molecule has 1 aliphatic carbocycles. The maximum atomic E-state index is 11.7. The Balaban J connectivity index is 2.35. The smallest absolute Gasteiger partial charge is 0.211 e. The Labute approximate surface area is 122 Å². The van der Waals surface area contributed by atoms with Gasteiger partial charge in [0, 0.05) is 12.4 Å². The summed E-state index contributed by atoms with van der Waals surface area (Å²) >= 11 is 5.52. The molecule has 6 heteroatoms. The fourth-order valence-corrected chi connectivity index (χ4v) is 3.91. The highest BCUT2D eigenvalue weighted by Gasteiger charge is 2.33. The van der Waals surface area contributed by atoms with Gasteiger partial charge in [0.2, 0.25) is 10.0 Å². The molecule has 19 heavy (non-hydrogen) atoms. The number of unbranched alkanes of at least 4 members (excludes halogenated alkanes) is 1. The van der Waals surface area contributed by atoms with Crippen LogP contribution in [-0.4, -0.2) is 37.3 Å². The fraction of sp³-hybridized carbons (Fsp3) is 1.00. The first-order valence-corrected chi connectivity index (χ1v) is 9.35. The Morgan fingerprint density at radius 3 is 2.47 bits per heavy atom. The molecule has 2 N–H and O–H groups in total. The summed E-state index contributed by atoms with van der Waals surface area (Å²) in [5.41, 5.74) is -0.856. The summed E-state index contributed by atoms with van der Waals surface area (Å²) in [7, 11) is -3.28. The molecule has 0 heterocycles. The molecule has 0 saturated heterocycles. The van der Waals surface area contributed by atoms with Gasteiger partial charge in [0.15, 0.2) is 0 Å². The van der Waals surface area contributed by atoms with Gasteiger partial charge in [-0.3, -0.25) is 0 Å². The van der Waals surface area contributed by atoms with E-state index in [1.807, 2.05) is 0 Å². The number of rotatable bonds is 8. The Kier molecular flexibility index (Phi) is 7.08. The van der Waals surface area contributed by atoms with E-state index in [0.29, 0.717) is 37.5 Å². The van der Waals surface area contributed by atoms with Crippen molar-refractivity contribution in [3.63, 3.8) is 0 Å². The number of hydrogen-bond acceptors (Lipinski definition) is 3. The topological polar surface area (TPSA) is 66.4 Å². The van der Waals surface area contributed by atoms with E-state index in [-0.39, 0.29) is 12.3 Å². The van der Waals surface area contributed by atoms with Crippen molar-refractivity contribution in [2.45, 2.75) is 57.5 Å². The number of aliphatic hydroxyl groups is 1. The Bertz CT molecular complexity index is 351. The zero-order valence-electron chi connectivity index (χ0n) is 11.7. The van der Waals surface area contributed by atoms with Crippen molar-refractivity contribution in [2.24, 2.45) is 5.92 Å². The highest BCUT2D eigenvalue weighted by molar-refractivity contribution is 7.89. The minimum Gasteiger partial charge on any atom is -0.389 e. The third kappa shape index (κ3) is 6.43. The molecule has 0 aromatic heterocycles. The quantitative estimate of drug-likeness (QED) is 0.534. The Hall–Kier alpha value is 0.160. The monoisotopic (exact) mass is 311 g/mol. The van der Waals surface area contributed by atoms with Crippen molar-refractivity contribution in [3.05, 3.63) is 0 Å². The molecule has 0 radical (unpaired) electrons. The Morgan fingerprint density at radius 2 is 1.95 bits per heavy atom. The van der Waals surface area contributed by atoms with Gasteiger partial charge in [0.05, 0.1) is 11.4 Å². The molecule has 1 saturated carbocycles. The molecule has 0 spiro atoms. The summed E-state index contributed by atoms with van der Waals surface area (Å²) in [5.74, 6) is 1.26. The SMILES string of the molecule is CCC1CCC(O)(CNS(=O)(=O)CCCCCl)CC1. The lowest BCUT2D eigenvalue weighted by molar-refractivity contribution is -0.00442. The summed E-state index contributed by atoms with van der Waals surface area (Å²) in [6.45, 7) is 2.31. The highest BCUT2D eigenvalue weighted by Crippen LogP contribution is 2.33. The fourth-order valence-electron chi connectivity index (χ4n) is 2.50. The van der Waals surface area contributed by atoms with Crippen molar-refractivity contribution in [1.82, 2.24) is 4.72 Å². The summed E-state index contributed by atoms with van der Waals surface area (Å²) in [5, 5.41) is 10.4. The molecule has 0 aromatic carbocycles. The number of nitrogens with one attached hydrogen (secondary N) is 1. The van der Waals surface area contributed by atoms with E-state index in [1.54, 1.807) is 0 Å². The van der Waals surface area contributed by atoms with Gasteiger partial charge in [-0.25, -0.2) is 13.1 Å². The maximum Gasteiger partial charge on any atom is 0.211 e. The first kappa shape index (κ1) is 17.2. The molecule has 0 aliphatic heterocycles. The average molecular weight is 312 g/mol. The first-order valence-electron chi connectivity index (χ1n) is 7.16. The van der Waals surface area contributed by atoms with Crippen LogP contribution in [-0.2, 0) is 10.0 Å². The van der Waals surface area contributed by atoms with Crippen LogP contribution >= 0.6 is 11.6 Å². The lowest BCUT2D eigenvalue weighted by atomic mass is 9.78. The molecule has 114 valence electrons. The van der Waals surface area contributed by atoms with E-state index in [1.165, 1.54) is 0 Å². The van der Waals surface area contributed by atoms with Crippen molar-refractivity contribution in [1.29, 1.82) is 0 Å². The molecule has 4 nitrogen and oxygen atoms in total. The van der Waals surface area contributed by atoms with Gasteiger partial charge in [0.1, 0.15) is 0 Å². The van der Waals surface area contributed by atoms with Gasteiger partial charge in [-0.1, -0.05) is 13.3 Å². The third-order valence-corrected chi connectivity index (χ3v) is 5.71. The van der Waals surface area contributed by atoms with E-state index < -0.39 is 15.6 Å². The van der Waals surface area contributed by atoms with Crippen LogP contribution in [0.2, 0.25) is 0 Å². The van der Waals surface area contributed by atoms with Crippen LogP contribution in [0.1, 0.15) is 51.9 Å². The molecule has 0 aromatic rings. The van der Waals surface area contributed by atoms with E-state index in [0.717, 1.165) is 19.3 Å². The van der Waals surface area contributed by atoms with Crippen LogP contribution in [0.5, 0.6) is 0 Å². The van der Waals surface area contributed by atoms with Gasteiger partial charge in [0.25, 0.3) is 0 Å². The molecule has 1 aliphatic rings. The van der Waals surface area contributed by atoms with Crippen molar-refractivity contribution in [3.8, 4) is 0 Å². The number of sulfonamides is 1. The van der Waals surface area contributed by atoms with Gasteiger partial charge in [-0.2, -0.15) is 0 Å². The van der Waals surface area contributed by atoms with Crippen LogP contribution < -0.4 is 4.72 Å². The molecule has 1 fully saturated rings. The van der Waals surface area contributed by atoms with Gasteiger partial charge in [-0.15, -0.1) is 11.6 Å². The van der Waals surface area contributed by atoms with E-state index in [4.69, 9.17) is 11.6 Å². The molecule has 0 amide bonds. The lowest BCUT2D eigenvalue weighted by Gasteiger charge is -2.35. The van der Waals surface area contributed by atoms with Crippen molar-refractivity contribution in [2.75, 3.05) is 18.2 Å². The normalized spacial score (nSPS) is 28.5. The number of halogens is 1. The zero-order chi connectivity index (χ0) is 14.4. The summed E-state index contributed by atoms with van der Waals surface area (Å²) in [4.78, 5) is 0. The van der Waals surface area contributed by atoms with Crippen molar-refractivity contribution >= 4 is 21.6 Å². The average Bonchev–Trinajstić information content (AvgIpc) is 2.38. The molecule has 0 atom stereocenters. The molecular weight excluding hydrogens is 286 g/mol. The molecular formula is C13H26ClNO3S. The molecule has 0 unspecified atom stereocenters. The largest absolute Gasteiger partial charge is 0.389 e. The van der Waals surface area contributed by atoms with Gasteiger partial charge < -0.3 is 5.11 Å². The van der Waals surface area contributed by atoms with Gasteiger partial charge in [-0.05, 0) is 44.4 Å². The van der Waals surface area contributed by atoms with Crippen molar-refractivity contribution < 1.29 is 13.5 Å². The van der Waals surface area contributed by atoms with E-state index in [2.05, 4.69) is 11.6 Å². The van der Waals surface area contributed by atoms with Crippen LogP contribution in [0.15, 0.2) is 0 Å². The second kappa shape index (κ2) is 7.81. The van der Waals surface area contributed by atoms with Crippen LogP contribution in [0, 0.1) is 5.92 Å². The van der Waals surface area contributed by atoms with Crippen LogP contribution in [0.3, 0.4) is 0 Å². The summed E-state index contributed by atoms with van der Waals surface area (Å²) < 4.78 is 26.0. The molecule has 1 rings (SSSR count). The maximum absolute atomic E-state index is 11.7. The zero-order valence-corrected chi connectivity index (χ0v) is 13.3. The number of alkyl halides is 1. The van der Waals surface area contributed by atoms with E-state index in [9.17, 15) is 13.5 Å². The molecule has 0 bridgehead atoms. The highest BCUT2D eigenvalue weighted by atomic mass is 35.5. The minimum atomic E-state index is -3.28. The van der Waals surface area contributed by atoms with Crippen LogP contribution in [0.4, 0.5) is 0 Å². The predicted octanol–water partition coefficient (Wildman–Crippen LogP) is 2.26. The van der Waals surface area contributed by atoms with E-state index >= 15 is 0 Å².